The summed E-state index contributed by atoms with van der Waals surface area (Å²) in [6, 6.07) is 12.0. The van der Waals surface area contributed by atoms with Gasteiger partial charge in [-0.15, -0.1) is 0 Å². The lowest BCUT2D eigenvalue weighted by atomic mass is 10.1. The molecule has 0 saturated carbocycles. The van der Waals surface area contributed by atoms with Crippen LogP contribution >= 0.6 is 11.6 Å². The van der Waals surface area contributed by atoms with Crippen molar-refractivity contribution in [1.29, 1.82) is 0 Å². The topological polar surface area (TPSA) is 67.9 Å². The largest absolute Gasteiger partial charge is 0.493 e. The molecule has 0 aromatic heterocycles. The quantitative estimate of drug-likeness (QED) is 0.667. The van der Waals surface area contributed by atoms with E-state index in [0.717, 1.165) is 31.2 Å². The third kappa shape index (κ3) is 6.01. The van der Waals surface area contributed by atoms with Gasteiger partial charge in [0.1, 0.15) is 5.70 Å². The van der Waals surface area contributed by atoms with Gasteiger partial charge in [0.25, 0.3) is 11.8 Å². The van der Waals surface area contributed by atoms with Crippen LogP contribution in [0.1, 0.15) is 41.6 Å². The fourth-order valence-electron chi connectivity index (χ4n) is 3.49. The van der Waals surface area contributed by atoms with Crippen molar-refractivity contribution in [3.05, 3.63) is 64.3 Å². The highest BCUT2D eigenvalue weighted by molar-refractivity contribution is 6.30. The standard InChI is InChI=1S/C24H27ClN2O4/c1-30-21-12-9-18(16-22(21)31-2)23(28)26-20(15-17-7-10-19(25)11-8-17)24(29)27-13-5-3-4-6-14-27/h7-12,15-16H,3-6,13-14H2,1-2H3,(H,26,28)/b20-15+. The van der Waals surface area contributed by atoms with E-state index in [1.807, 2.05) is 4.90 Å². The summed E-state index contributed by atoms with van der Waals surface area (Å²) in [5.41, 5.74) is 1.36. The number of ether oxygens (including phenoxy) is 2. The molecule has 7 heteroatoms. The number of halogens is 1. The minimum absolute atomic E-state index is 0.189. The molecular weight excluding hydrogens is 416 g/mol. The molecule has 3 rings (SSSR count). The Morgan fingerprint density at radius 2 is 1.58 bits per heavy atom. The van der Waals surface area contributed by atoms with E-state index in [1.54, 1.807) is 48.5 Å². The fraction of sp³-hybridized carbons (Fsp3) is 0.333. The molecule has 0 radical (unpaired) electrons. The number of amides is 2. The number of hydrogen-bond donors (Lipinski definition) is 1. The first-order chi connectivity index (χ1) is 15.0. The molecule has 2 aromatic rings. The summed E-state index contributed by atoms with van der Waals surface area (Å²) in [4.78, 5) is 28.1. The number of benzene rings is 2. The van der Waals surface area contributed by atoms with Gasteiger partial charge in [0.05, 0.1) is 14.2 Å². The highest BCUT2D eigenvalue weighted by atomic mass is 35.5. The van der Waals surface area contributed by atoms with E-state index in [9.17, 15) is 9.59 Å². The van der Waals surface area contributed by atoms with Crippen molar-refractivity contribution >= 4 is 29.5 Å². The Labute approximate surface area is 187 Å². The second-order valence-electron chi connectivity index (χ2n) is 7.34. The number of hydrogen-bond acceptors (Lipinski definition) is 4. The maximum absolute atomic E-state index is 13.3. The number of carbonyl (C=O) groups is 2. The highest BCUT2D eigenvalue weighted by Crippen LogP contribution is 2.27. The smallest absolute Gasteiger partial charge is 0.270 e. The van der Waals surface area contributed by atoms with Crippen LogP contribution in [0, 0.1) is 0 Å². The molecule has 1 aliphatic heterocycles. The summed E-state index contributed by atoms with van der Waals surface area (Å²) in [6.07, 6.45) is 5.82. The van der Waals surface area contributed by atoms with E-state index < -0.39 is 5.91 Å². The summed E-state index contributed by atoms with van der Waals surface area (Å²) < 4.78 is 10.5. The zero-order valence-electron chi connectivity index (χ0n) is 17.8. The Morgan fingerprint density at radius 3 is 2.19 bits per heavy atom. The van der Waals surface area contributed by atoms with Gasteiger partial charge >= 0.3 is 0 Å². The molecule has 1 aliphatic rings. The molecule has 2 amide bonds. The van der Waals surface area contributed by atoms with Crippen molar-refractivity contribution in [2.45, 2.75) is 25.7 Å². The van der Waals surface area contributed by atoms with Gasteiger partial charge in [0, 0.05) is 23.7 Å². The van der Waals surface area contributed by atoms with Crippen LogP contribution in [0.2, 0.25) is 5.02 Å². The fourth-order valence-corrected chi connectivity index (χ4v) is 3.62. The normalized spacial score (nSPS) is 14.5. The third-order valence-electron chi connectivity index (χ3n) is 5.20. The molecule has 6 nitrogen and oxygen atoms in total. The maximum Gasteiger partial charge on any atom is 0.270 e. The number of rotatable bonds is 6. The second-order valence-corrected chi connectivity index (χ2v) is 7.78. The van der Waals surface area contributed by atoms with Crippen molar-refractivity contribution in [2.75, 3.05) is 27.3 Å². The Hall–Kier alpha value is -2.99. The second kappa shape index (κ2) is 10.9. The van der Waals surface area contributed by atoms with Crippen LogP contribution in [0.25, 0.3) is 6.08 Å². The van der Waals surface area contributed by atoms with Gasteiger partial charge in [-0.3, -0.25) is 9.59 Å². The summed E-state index contributed by atoms with van der Waals surface area (Å²) in [5, 5.41) is 3.41. The van der Waals surface area contributed by atoms with Gasteiger partial charge in [-0.1, -0.05) is 36.6 Å². The zero-order chi connectivity index (χ0) is 22.2. The van der Waals surface area contributed by atoms with Gasteiger partial charge in [0.15, 0.2) is 11.5 Å². The van der Waals surface area contributed by atoms with E-state index >= 15 is 0 Å². The molecule has 1 fully saturated rings. The first kappa shape index (κ1) is 22.7. The lowest BCUT2D eigenvalue weighted by Crippen LogP contribution is -2.39. The van der Waals surface area contributed by atoms with Crippen molar-refractivity contribution in [1.82, 2.24) is 10.2 Å². The Morgan fingerprint density at radius 1 is 0.935 bits per heavy atom. The predicted molar refractivity (Wildman–Crippen MR) is 121 cm³/mol. The van der Waals surface area contributed by atoms with Crippen molar-refractivity contribution < 1.29 is 19.1 Å². The monoisotopic (exact) mass is 442 g/mol. The number of methoxy groups -OCH3 is 2. The molecule has 1 heterocycles. The average molecular weight is 443 g/mol. The molecule has 0 spiro atoms. The van der Waals surface area contributed by atoms with Gasteiger partial charge < -0.3 is 19.7 Å². The summed E-state index contributed by atoms with van der Waals surface area (Å²) >= 11 is 5.98. The van der Waals surface area contributed by atoms with E-state index in [1.165, 1.54) is 14.2 Å². The van der Waals surface area contributed by atoms with Crippen molar-refractivity contribution in [2.24, 2.45) is 0 Å². The van der Waals surface area contributed by atoms with Gasteiger partial charge in [-0.25, -0.2) is 0 Å². The van der Waals surface area contributed by atoms with Crippen LogP contribution in [0.4, 0.5) is 0 Å². The number of carbonyl (C=O) groups excluding carboxylic acids is 2. The lowest BCUT2D eigenvalue weighted by Gasteiger charge is -2.22. The van der Waals surface area contributed by atoms with Crippen LogP contribution in [0.5, 0.6) is 11.5 Å². The first-order valence-corrected chi connectivity index (χ1v) is 10.7. The number of nitrogens with one attached hydrogen (secondary N) is 1. The molecule has 1 N–H and O–H groups in total. The number of likely N-dealkylation sites (tertiary alicyclic amines) is 1. The van der Waals surface area contributed by atoms with Gasteiger partial charge in [-0.05, 0) is 54.8 Å². The van der Waals surface area contributed by atoms with Gasteiger partial charge in [-0.2, -0.15) is 0 Å². The van der Waals surface area contributed by atoms with E-state index in [2.05, 4.69) is 5.32 Å². The van der Waals surface area contributed by atoms with Crippen LogP contribution < -0.4 is 14.8 Å². The molecule has 31 heavy (non-hydrogen) atoms. The summed E-state index contributed by atoms with van der Waals surface area (Å²) in [7, 11) is 3.04. The Kier molecular flexibility index (Phi) is 7.95. The lowest BCUT2D eigenvalue weighted by molar-refractivity contribution is -0.127. The SMILES string of the molecule is COc1ccc(C(=O)N/C(=C/c2ccc(Cl)cc2)C(=O)N2CCCCCC2)cc1OC. The van der Waals surface area contributed by atoms with E-state index in [0.29, 0.717) is 35.2 Å². The number of nitrogens with zero attached hydrogens (tertiary/aromatic N) is 1. The Bertz CT molecular complexity index is 949. The van der Waals surface area contributed by atoms with Crippen molar-refractivity contribution in [3.63, 3.8) is 0 Å². The highest BCUT2D eigenvalue weighted by Gasteiger charge is 2.22. The predicted octanol–water partition coefficient (Wildman–Crippen LogP) is 4.53. The molecule has 1 saturated heterocycles. The summed E-state index contributed by atoms with van der Waals surface area (Å²) in [5.74, 6) is 0.379. The van der Waals surface area contributed by atoms with Gasteiger partial charge in [0.2, 0.25) is 0 Å². The zero-order valence-corrected chi connectivity index (χ0v) is 18.6. The van der Waals surface area contributed by atoms with E-state index in [4.69, 9.17) is 21.1 Å². The molecule has 0 bridgehead atoms. The first-order valence-electron chi connectivity index (χ1n) is 10.3. The van der Waals surface area contributed by atoms with Crippen LogP contribution in [0.15, 0.2) is 48.2 Å². The van der Waals surface area contributed by atoms with E-state index in [-0.39, 0.29) is 11.6 Å². The minimum atomic E-state index is -0.399. The average Bonchev–Trinajstić information content (AvgIpc) is 3.08. The molecular formula is C24H27ClN2O4. The van der Waals surface area contributed by atoms with Crippen molar-refractivity contribution in [3.8, 4) is 11.5 Å². The minimum Gasteiger partial charge on any atom is -0.493 e. The molecule has 0 unspecified atom stereocenters. The maximum atomic E-state index is 13.3. The summed E-state index contributed by atoms with van der Waals surface area (Å²) in [6.45, 7) is 1.37. The molecule has 2 aromatic carbocycles. The Balaban J connectivity index is 1.89. The van der Waals surface area contributed by atoms with Crippen LogP contribution in [0.3, 0.4) is 0 Å². The van der Waals surface area contributed by atoms with Crippen LogP contribution in [-0.2, 0) is 4.79 Å². The molecule has 0 atom stereocenters. The third-order valence-corrected chi connectivity index (χ3v) is 5.45. The molecule has 164 valence electrons. The van der Waals surface area contributed by atoms with Crippen LogP contribution in [-0.4, -0.2) is 44.0 Å². The molecule has 0 aliphatic carbocycles.